The summed E-state index contributed by atoms with van der Waals surface area (Å²) in [5.74, 6) is 0.458. The van der Waals surface area contributed by atoms with Crippen molar-refractivity contribution in [1.82, 2.24) is 0 Å². The second-order valence-corrected chi connectivity index (χ2v) is 4.41. The molecule has 18 heavy (non-hydrogen) atoms. The first-order valence-corrected chi connectivity index (χ1v) is 6.33. The Morgan fingerprint density at radius 3 is 2.83 bits per heavy atom. The van der Waals surface area contributed by atoms with Crippen molar-refractivity contribution in [3.63, 3.8) is 0 Å². The lowest BCUT2D eigenvalue weighted by Gasteiger charge is -2.05. The number of benzene rings is 1. The molecular formula is C11H14N2O4S. The molecule has 1 aromatic rings. The summed E-state index contributed by atoms with van der Waals surface area (Å²) in [7, 11) is 2.96. The van der Waals surface area contributed by atoms with Gasteiger partial charge in [-0.3, -0.25) is 14.9 Å². The van der Waals surface area contributed by atoms with E-state index in [1.54, 1.807) is 19.2 Å². The van der Waals surface area contributed by atoms with Gasteiger partial charge < -0.3 is 10.1 Å². The van der Waals surface area contributed by atoms with Gasteiger partial charge in [-0.05, 0) is 11.6 Å². The van der Waals surface area contributed by atoms with Crippen molar-refractivity contribution in [2.75, 3.05) is 25.2 Å². The molecule has 0 radical (unpaired) electrons. The number of nitro benzene ring substituents is 1. The number of carbonyl (C=O) groups excluding carboxylic acids is 1. The summed E-state index contributed by atoms with van der Waals surface area (Å²) in [6.07, 6.45) is 0. The van der Waals surface area contributed by atoms with Crippen molar-refractivity contribution in [1.29, 1.82) is 0 Å². The monoisotopic (exact) mass is 270 g/mol. The Morgan fingerprint density at radius 1 is 1.56 bits per heavy atom. The maximum Gasteiger partial charge on any atom is 0.315 e. The molecule has 0 saturated heterocycles. The Kier molecular flexibility index (Phi) is 5.44. The highest BCUT2D eigenvalue weighted by atomic mass is 32.2. The van der Waals surface area contributed by atoms with Crippen LogP contribution in [-0.2, 0) is 15.3 Å². The van der Waals surface area contributed by atoms with Crippen LogP contribution in [0.25, 0.3) is 0 Å². The summed E-state index contributed by atoms with van der Waals surface area (Å²) >= 11 is 1.36. The van der Waals surface area contributed by atoms with Crippen LogP contribution in [0.3, 0.4) is 0 Å². The lowest BCUT2D eigenvalue weighted by molar-refractivity contribution is -0.384. The third kappa shape index (κ3) is 3.92. The molecular weight excluding hydrogens is 256 g/mol. The van der Waals surface area contributed by atoms with E-state index < -0.39 is 4.92 Å². The highest BCUT2D eigenvalue weighted by Gasteiger charge is 2.13. The number of thioether (sulfide) groups is 1. The average molecular weight is 270 g/mol. The summed E-state index contributed by atoms with van der Waals surface area (Å²) in [5, 5.41) is 13.6. The van der Waals surface area contributed by atoms with Crippen LogP contribution in [0.15, 0.2) is 18.2 Å². The third-order valence-corrected chi connectivity index (χ3v) is 3.22. The molecule has 0 bridgehead atoms. The van der Waals surface area contributed by atoms with Gasteiger partial charge in [0.1, 0.15) is 5.69 Å². The molecule has 0 spiro atoms. The first kappa shape index (κ1) is 14.3. The highest BCUT2D eigenvalue weighted by molar-refractivity contribution is 7.99. The van der Waals surface area contributed by atoms with E-state index in [2.05, 4.69) is 10.1 Å². The predicted molar refractivity (Wildman–Crippen MR) is 70.8 cm³/mol. The number of carbonyl (C=O) groups is 1. The van der Waals surface area contributed by atoms with Gasteiger partial charge in [-0.15, -0.1) is 11.8 Å². The Morgan fingerprint density at radius 2 is 2.28 bits per heavy atom. The van der Waals surface area contributed by atoms with Gasteiger partial charge in [0, 0.05) is 18.9 Å². The number of ether oxygens (including phenoxy) is 1. The Bertz CT molecular complexity index is 451. The molecule has 98 valence electrons. The van der Waals surface area contributed by atoms with Gasteiger partial charge >= 0.3 is 5.97 Å². The maximum atomic E-state index is 10.9. The molecule has 0 saturated carbocycles. The second-order valence-electron chi connectivity index (χ2n) is 3.43. The lowest BCUT2D eigenvalue weighted by atomic mass is 10.2. The molecule has 0 aliphatic heterocycles. The van der Waals surface area contributed by atoms with Crippen molar-refractivity contribution in [2.24, 2.45) is 0 Å². The molecule has 0 aliphatic rings. The number of nitro groups is 1. The van der Waals surface area contributed by atoms with Crippen molar-refractivity contribution in [3.05, 3.63) is 33.9 Å². The fourth-order valence-electron chi connectivity index (χ4n) is 1.34. The molecule has 0 atom stereocenters. The van der Waals surface area contributed by atoms with E-state index in [1.807, 2.05) is 0 Å². The van der Waals surface area contributed by atoms with Crippen molar-refractivity contribution < 1.29 is 14.5 Å². The van der Waals surface area contributed by atoms with Crippen LogP contribution < -0.4 is 5.32 Å². The van der Waals surface area contributed by atoms with Crippen LogP contribution in [0.4, 0.5) is 11.4 Å². The highest BCUT2D eigenvalue weighted by Crippen LogP contribution is 2.26. The standard InChI is InChI=1S/C11H14N2O4S/c1-12-9-4-3-8(5-10(9)13(15)16)6-18-7-11(14)17-2/h3-5,12H,6-7H2,1-2H3. The second kappa shape index (κ2) is 6.85. The first-order valence-electron chi connectivity index (χ1n) is 5.18. The van der Waals surface area contributed by atoms with Gasteiger partial charge in [0.2, 0.25) is 0 Å². The van der Waals surface area contributed by atoms with E-state index in [-0.39, 0.29) is 17.4 Å². The minimum Gasteiger partial charge on any atom is -0.468 e. The number of anilines is 1. The Labute approximate surface area is 109 Å². The van der Waals surface area contributed by atoms with Crippen LogP contribution >= 0.6 is 11.8 Å². The number of esters is 1. The van der Waals surface area contributed by atoms with Crippen molar-refractivity contribution >= 4 is 29.1 Å². The van der Waals surface area contributed by atoms with Gasteiger partial charge in [-0.25, -0.2) is 0 Å². The Hall–Kier alpha value is -1.76. The van der Waals surface area contributed by atoms with E-state index in [1.165, 1.54) is 24.9 Å². The topological polar surface area (TPSA) is 81.5 Å². The minimum absolute atomic E-state index is 0.0358. The van der Waals surface area contributed by atoms with Gasteiger partial charge in [0.05, 0.1) is 17.8 Å². The zero-order valence-electron chi connectivity index (χ0n) is 10.1. The molecule has 0 heterocycles. The molecule has 1 aromatic carbocycles. The Balaban J connectivity index is 2.70. The normalized spacial score (nSPS) is 9.89. The molecule has 7 heteroatoms. The van der Waals surface area contributed by atoms with Gasteiger partial charge in [0.25, 0.3) is 5.69 Å². The summed E-state index contributed by atoms with van der Waals surface area (Å²) in [5.41, 5.74) is 1.31. The van der Waals surface area contributed by atoms with E-state index in [9.17, 15) is 14.9 Å². The fourth-order valence-corrected chi connectivity index (χ4v) is 2.14. The largest absolute Gasteiger partial charge is 0.468 e. The average Bonchev–Trinajstić information content (AvgIpc) is 2.38. The van der Waals surface area contributed by atoms with Crippen LogP contribution in [0.1, 0.15) is 5.56 Å². The molecule has 0 unspecified atom stereocenters. The van der Waals surface area contributed by atoms with E-state index in [0.29, 0.717) is 11.4 Å². The van der Waals surface area contributed by atoms with Gasteiger partial charge in [-0.1, -0.05) is 6.07 Å². The molecule has 0 fully saturated rings. The van der Waals surface area contributed by atoms with Gasteiger partial charge in [-0.2, -0.15) is 0 Å². The summed E-state index contributed by atoms with van der Waals surface area (Å²) in [6.45, 7) is 0. The SMILES string of the molecule is CNc1ccc(CSCC(=O)OC)cc1[N+](=O)[O-]. The van der Waals surface area contributed by atoms with Crippen LogP contribution in [0.2, 0.25) is 0 Å². The molecule has 6 nitrogen and oxygen atoms in total. The smallest absolute Gasteiger partial charge is 0.315 e. The fraction of sp³-hybridized carbons (Fsp3) is 0.364. The first-order chi connectivity index (χ1) is 8.58. The van der Waals surface area contributed by atoms with Crippen molar-refractivity contribution in [3.8, 4) is 0 Å². The predicted octanol–water partition coefficient (Wildman–Crippen LogP) is 2.04. The van der Waals surface area contributed by atoms with Crippen LogP contribution in [-0.4, -0.2) is 30.8 Å². The molecule has 0 aliphatic carbocycles. The lowest BCUT2D eigenvalue weighted by Crippen LogP contribution is -2.03. The number of nitrogens with one attached hydrogen (secondary N) is 1. The zero-order valence-corrected chi connectivity index (χ0v) is 11.0. The number of methoxy groups -OCH3 is 1. The van der Waals surface area contributed by atoms with Crippen molar-refractivity contribution in [2.45, 2.75) is 5.75 Å². The molecule has 0 aromatic heterocycles. The third-order valence-electron chi connectivity index (χ3n) is 2.24. The molecule has 1 N–H and O–H groups in total. The van der Waals surface area contributed by atoms with E-state index >= 15 is 0 Å². The number of hydrogen-bond donors (Lipinski definition) is 1. The molecule has 1 rings (SSSR count). The number of hydrogen-bond acceptors (Lipinski definition) is 6. The zero-order chi connectivity index (χ0) is 13.5. The van der Waals surface area contributed by atoms with Gasteiger partial charge in [0.15, 0.2) is 0 Å². The minimum atomic E-state index is -0.430. The van der Waals surface area contributed by atoms with E-state index in [4.69, 9.17) is 0 Å². The maximum absolute atomic E-state index is 10.9. The quantitative estimate of drug-likeness (QED) is 0.484. The summed E-state index contributed by atoms with van der Waals surface area (Å²) in [6, 6.07) is 4.96. The molecule has 0 amide bonds. The van der Waals surface area contributed by atoms with Crippen LogP contribution in [0.5, 0.6) is 0 Å². The summed E-state index contributed by atoms with van der Waals surface area (Å²) < 4.78 is 4.51. The van der Waals surface area contributed by atoms with Crippen LogP contribution in [0, 0.1) is 10.1 Å². The number of rotatable bonds is 6. The number of nitrogens with zero attached hydrogens (tertiary/aromatic N) is 1. The summed E-state index contributed by atoms with van der Waals surface area (Å²) in [4.78, 5) is 21.3. The van der Waals surface area contributed by atoms with E-state index in [0.717, 1.165) is 5.56 Å².